The lowest BCUT2D eigenvalue weighted by atomic mass is 10.0. The second kappa shape index (κ2) is 8.74. The molecule has 0 aliphatic heterocycles. The van der Waals surface area contributed by atoms with Crippen molar-refractivity contribution in [2.75, 3.05) is 13.2 Å². The molecule has 0 heterocycles. The maximum absolute atomic E-state index is 11.8. The van der Waals surface area contributed by atoms with Crippen molar-refractivity contribution in [3.63, 3.8) is 0 Å². The van der Waals surface area contributed by atoms with E-state index in [-0.39, 0.29) is 11.9 Å². The van der Waals surface area contributed by atoms with Gasteiger partial charge in [-0.15, -0.1) is 0 Å². The summed E-state index contributed by atoms with van der Waals surface area (Å²) in [5, 5.41) is 0.645. The second-order valence-electron chi connectivity index (χ2n) is 4.20. The van der Waals surface area contributed by atoms with E-state index in [1.54, 1.807) is 26.0 Å². The molecule has 4 nitrogen and oxygen atoms in total. The van der Waals surface area contributed by atoms with Crippen molar-refractivity contribution < 1.29 is 19.1 Å². The van der Waals surface area contributed by atoms with Gasteiger partial charge in [0.05, 0.1) is 18.8 Å². The van der Waals surface area contributed by atoms with Gasteiger partial charge in [0.25, 0.3) is 0 Å². The first-order valence-corrected chi connectivity index (χ1v) is 7.74. The van der Waals surface area contributed by atoms with Crippen LogP contribution in [0.5, 0.6) is 0 Å². The average molecular weight is 343 g/mol. The average Bonchev–Trinajstić information content (AvgIpc) is 2.45. The minimum Gasteiger partial charge on any atom is -0.466 e. The predicted octanol–water partition coefficient (Wildman–Crippen LogP) is 3.25. The van der Waals surface area contributed by atoms with Gasteiger partial charge in [-0.3, -0.25) is 4.79 Å². The molecule has 0 radical (unpaired) electrons. The zero-order valence-corrected chi connectivity index (χ0v) is 13.4. The zero-order chi connectivity index (χ0) is 15.0. The second-order valence-corrected chi connectivity index (χ2v) is 4.76. The van der Waals surface area contributed by atoms with Crippen LogP contribution in [-0.4, -0.2) is 25.2 Å². The molecule has 0 spiro atoms. The van der Waals surface area contributed by atoms with E-state index in [4.69, 9.17) is 9.47 Å². The van der Waals surface area contributed by atoms with Crippen molar-refractivity contribution in [2.45, 2.75) is 32.0 Å². The van der Waals surface area contributed by atoms with E-state index in [1.165, 1.54) is 0 Å². The molecule has 0 aliphatic rings. The van der Waals surface area contributed by atoms with Crippen LogP contribution in [-0.2, 0) is 26.0 Å². The third kappa shape index (κ3) is 5.33. The van der Waals surface area contributed by atoms with Gasteiger partial charge >= 0.3 is 11.9 Å². The normalized spacial score (nSPS) is 10.2. The maximum Gasteiger partial charge on any atom is 0.338 e. The Balaban J connectivity index is 2.82. The summed E-state index contributed by atoms with van der Waals surface area (Å²) in [6, 6.07) is 5.53. The van der Waals surface area contributed by atoms with E-state index in [0.717, 1.165) is 11.1 Å². The van der Waals surface area contributed by atoms with E-state index in [9.17, 15) is 9.59 Å². The van der Waals surface area contributed by atoms with Gasteiger partial charge in [0.1, 0.15) is 0 Å². The number of hydrogen-bond acceptors (Lipinski definition) is 4. The molecule has 0 saturated carbocycles. The van der Waals surface area contributed by atoms with Gasteiger partial charge in [-0.05, 0) is 43.5 Å². The molecule has 5 heteroatoms. The number of alkyl halides is 1. The number of carbonyl (C=O) groups excluding carboxylic acids is 2. The number of halogens is 1. The summed E-state index contributed by atoms with van der Waals surface area (Å²) in [4.78, 5) is 23.1. The molecule has 0 aliphatic carbocycles. The Labute approximate surface area is 127 Å². The number of hydrogen-bond donors (Lipinski definition) is 0. The molecule has 0 aromatic heterocycles. The van der Waals surface area contributed by atoms with Crippen molar-refractivity contribution in [1.82, 2.24) is 0 Å². The lowest BCUT2D eigenvalue weighted by Gasteiger charge is -2.08. The van der Waals surface area contributed by atoms with Crippen molar-refractivity contribution in [3.05, 3.63) is 34.9 Å². The molecule has 0 unspecified atom stereocenters. The molecule has 0 N–H and O–H groups in total. The summed E-state index contributed by atoms with van der Waals surface area (Å²) in [6.07, 6.45) is 0.855. The standard InChI is InChI=1S/C15H19BrO4/c1-3-19-14(17)6-5-11-7-12(10-16)9-13(8-11)15(18)20-4-2/h7-9H,3-6,10H2,1-2H3. The Morgan fingerprint density at radius 2 is 1.70 bits per heavy atom. The first-order chi connectivity index (χ1) is 9.60. The lowest BCUT2D eigenvalue weighted by molar-refractivity contribution is -0.143. The van der Waals surface area contributed by atoms with Crippen LogP contribution >= 0.6 is 15.9 Å². The first-order valence-electron chi connectivity index (χ1n) is 6.62. The largest absolute Gasteiger partial charge is 0.466 e. The maximum atomic E-state index is 11.8. The molecule has 0 saturated heterocycles. The van der Waals surface area contributed by atoms with Gasteiger partial charge in [0.2, 0.25) is 0 Å². The summed E-state index contributed by atoms with van der Waals surface area (Å²) in [5.41, 5.74) is 2.43. The van der Waals surface area contributed by atoms with Crippen LogP contribution in [0.3, 0.4) is 0 Å². The molecule has 1 aromatic carbocycles. The molecule has 1 aromatic rings. The predicted molar refractivity (Wildman–Crippen MR) is 80.0 cm³/mol. The van der Waals surface area contributed by atoms with Gasteiger partial charge in [0, 0.05) is 11.8 Å². The number of ether oxygens (including phenoxy) is 2. The molecule has 0 amide bonds. The van der Waals surface area contributed by atoms with Crippen molar-refractivity contribution in [2.24, 2.45) is 0 Å². The van der Waals surface area contributed by atoms with Crippen LogP contribution in [0.1, 0.15) is 41.8 Å². The van der Waals surface area contributed by atoms with Gasteiger partial charge < -0.3 is 9.47 Å². The van der Waals surface area contributed by atoms with E-state index < -0.39 is 0 Å². The molecule has 110 valence electrons. The molecule has 1 rings (SSSR count). The topological polar surface area (TPSA) is 52.6 Å². The monoisotopic (exact) mass is 342 g/mol. The van der Waals surface area contributed by atoms with Crippen molar-refractivity contribution in [3.8, 4) is 0 Å². The van der Waals surface area contributed by atoms with E-state index >= 15 is 0 Å². The SMILES string of the molecule is CCOC(=O)CCc1cc(CBr)cc(C(=O)OCC)c1. The molecule has 0 bridgehead atoms. The lowest BCUT2D eigenvalue weighted by Crippen LogP contribution is -2.08. The van der Waals surface area contributed by atoms with Gasteiger partial charge in [-0.1, -0.05) is 22.0 Å². The van der Waals surface area contributed by atoms with Crippen LogP contribution in [0.15, 0.2) is 18.2 Å². The molecule has 0 fully saturated rings. The number of rotatable bonds is 7. The van der Waals surface area contributed by atoms with Gasteiger partial charge in [-0.2, -0.15) is 0 Å². The molecule has 20 heavy (non-hydrogen) atoms. The Bertz CT molecular complexity index is 471. The van der Waals surface area contributed by atoms with E-state index in [0.29, 0.717) is 36.9 Å². The number of esters is 2. The van der Waals surface area contributed by atoms with Gasteiger partial charge in [-0.25, -0.2) is 4.79 Å². The highest BCUT2D eigenvalue weighted by Gasteiger charge is 2.10. The number of benzene rings is 1. The number of carbonyl (C=O) groups is 2. The fourth-order valence-electron chi connectivity index (χ4n) is 1.80. The van der Waals surface area contributed by atoms with Crippen LogP contribution in [0.25, 0.3) is 0 Å². The van der Waals surface area contributed by atoms with Crippen molar-refractivity contribution in [1.29, 1.82) is 0 Å². The van der Waals surface area contributed by atoms with Crippen LogP contribution in [0.2, 0.25) is 0 Å². The van der Waals surface area contributed by atoms with Crippen LogP contribution in [0, 0.1) is 0 Å². The summed E-state index contributed by atoms with van der Waals surface area (Å²) < 4.78 is 9.90. The summed E-state index contributed by atoms with van der Waals surface area (Å²) in [6.45, 7) is 4.28. The quantitative estimate of drug-likeness (QED) is 0.563. The smallest absolute Gasteiger partial charge is 0.338 e. The highest BCUT2D eigenvalue weighted by atomic mass is 79.9. The first kappa shape index (κ1) is 16.7. The summed E-state index contributed by atoms with van der Waals surface area (Å²) in [7, 11) is 0. The Morgan fingerprint density at radius 1 is 1.05 bits per heavy atom. The number of aryl methyl sites for hydroxylation is 1. The van der Waals surface area contributed by atoms with Crippen LogP contribution < -0.4 is 0 Å². The van der Waals surface area contributed by atoms with E-state index in [2.05, 4.69) is 15.9 Å². The molecular weight excluding hydrogens is 324 g/mol. The fourth-order valence-corrected chi connectivity index (χ4v) is 2.12. The zero-order valence-electron chi connectivity index (χ0n) is 11.8. The Hall–Kier alpha value is -1.36. The highest BCUT2D eigenvalue weighted by Crippen LogP contribution is 2.16. The fraction of sp³-hybridized carbons (Fsp3) is 0.467. The minimum atomic E-state index is -0.340. The third-order valence-corrected chi connectivity index (χ3v) is 3.29. The summed E-state index contributed by atoms with van der Waals surface area (Å²) >= 11 is 3.38. The molecular formula is C15H19BrO4. The highest BCUT2D eigenvalue weighted by molar-refractivity contribution is 9.08. The Kier molecular flexibility index (Phi) is 7.30. The summed E-state index contributed by atoms with van der Waals surface area (Å²) in [5.74, 6) is -0.567. The van der Waals surface area contributed by atoms with Gasteiger partial charge in [0.15, 0.2) is 0 Å². The van der Waals surface area contributed by atoms with E-state index in [1.807, 2.05) is 6.07 Å². The third-order valence-electron chi connectivity index (χ3n) is 2.64. The molecule has 0 atom stereocenters. The van der Waals surface area contributed by atoms with Crippen molar-refractivity contribution >= 4 is 27.9 Å². The Morgan fingerprint density at radius 3 is 2.30 bits per heavy atom. The minimum absolute atomic E-state index is 0.227. The van der Waals surface area contributed by atoms with Crippen LogP contribution in [0.4, 0.5) is 0 Å².